The number of Topliss-reactive ketones (excluding diaryl/α,β-unsaturated/α-hetero) is 1. The third-order valence-electron chi connectivity index (χ3n) is 4.17. The average Bonchev–Trinajstić information content (AvgIpc) is 2.83. The number of methoxy groups -OCH3 is 1. The summed E-state index contributed by atoms with van der Waals surface area (Å²) >= 11 is 0. The summed E-state index contributed by atoms with van der Waals surface area (Å²) in [6.07, 6.45) is 0.663. The second-order valence-electron chi connectivity index (χ2n) is 6.05. The van der Waals surface area contributed by atoms with Gasteiger partial charge in [0.15, 0.2) is 5.78 Å². The van der Waals surface area contributed by atoms with Crippen molar-refractivity contribution in [3.8, 4) is 5.75 Å². The molecule has 0 unspecified atom stereocenters. The van der Waals surface area contributed by atoms with Crippen LogP contribution >= 0.6 is 0 Å². The number of carbonyl (C=O) groups is 1. The van der Waals surface area contributed by atoms with Gasteiger partial charge in [0.1, 0.15) is 17.3 Å². The lowest BCUT2D eigenvalue weighted by atomic mass is 9.95. The average molecular weight is 312 g/mol. The first-order chi connectivity index (χ1) is 10.8. The molecule has 0 saturated heterocycles. The Balaban J connectivity index is 2.53. The second-order valence-corrected chi connectivity index (χ2v) is 6.05. The maximum absolute atomic E-state index is 12.1. The molecule has 1 heterocycles. The van der Waals surface area contributed by atoms with Crippen molar-refractivity contribution in [2.75, 3.05) is 7.11 Å². The second kappa shape index (κ2) is 6.86. The van der Waals surface area contributed by atoms with Crippen molar-refractivity contribution in [2.45, 2.75) is 41.0 Å². The van der Waals surface area contributed by atoms with E-state index in [0.717, 1.165) is 28.2 Å². The monoisotopic (exact) mass is 312 g/mol. The predicted octanol–water partition coefficient (Wildman–Crippen LogP) is 5.20. The van der Waals surface area contributed by atoms with Gasteiger partial charge in [-0.05, 0) is 57.9 Å². The van der Waals surface area contributed by atoms with Crippen LogP contribution in [0.25, 0.3) is 5.57 Å². The van der Waals surface area contributed by atoms with Crippen LogP contribution in [-0.4, -0.2) is 12.9 Å². The Labute approximate surface area is 138 Å². The zero-order valence-electron chi connectivity index (χ0n) is 14.7. The summed E-state index contributed by atoms with van der Waals surface area (Å²) in [5, 5.41) is 0. The molecule has 23 heavy (non-hydrogen) atoms. The highest BCUT2D eigenvalue weighted by Gasteiger charge is 2.22. The van der Waals surface area contributed by atoms with Crippen molar-refractivity contribution < 1.29 is 13.9 Å². The normalized spacial score (nSPS) is 10.5. The molecular formula is C20H24O3. The third kappa shape index (κ3) is 3.55. The van der Waals surface area contributed by atoms with Gasteiger partial charge in [0.25, 0.3) is 0 Å². The van der Waals surface area contributed by atoms with Gasteiger partial charge in [-0.25, -0.2) is 0 Å². The Kier molecular flexibility index (Phi) is 5.09. The van der Waals surface area contributed by atoms with Crippen LogP contribution in [0.5, 0.6) is 5.75 Å². The smallest absolute Gasteiger partial charge is 0.163 e. The molecule has 122 valence electrons. The fourth-order valence-electron chi connectivity index (χ4n) is 2.70. The predicted molar refractivity (Wildman–Crippen MR) is 93.2 cm³/mol. The van der Waals surface area contributed by atoms with E-state index in [2.05, 4.69) is 13.8 Å². The lowest BCUT2D eigenvalue weighted by Gasteiger charge is -2.08. The number of hydrogen-bond donors (Lipinski definition) is 0. The van der Waals surface area contributed by atoms with Gasteiger partial charge in [0.2, 0.25) is 0 Å². The lowest BCUT2D eigenvalue weighted by molar-refractivity contribution is 0.101. The fourth-order valence-corrected chi connectivity index (χ4v) is 2.70. The topological polar surface area (TPSA) is 39.4 Å². The van der Waals surface area contributed by atoms with Crippen molar-refractivity contribution in [3.05, 3.63) is 58.0 Å². The van der Waals surface area contributed by atoms with Gasteiger partial charge in [0.05, 0.1) is 12.7 Å². The number of ether oxygens (including phenoxy) is 1. The Hall–Kier alpha value is -2.29. The van der Waals surface area contributed by atoms with E-state index in [9.17, 15) is 4.79 Å². The minimum Gasteiger partial charge on any atom is -0.497 e. The van der Waals surface area contributed by atoms with Gasteiger partial charge in [0, 0.05) is 12.0 Å². The highest BCUT2D eigenvalue weighted by Crippen LogP contribution is 2.32. The van der Waals surface area contributed by atoms with Gasteiger partial charge in [-0.15, -0.1) is 0 Å². The molecule has 0 saturated carbocycles. The molecule has 2 aromatic rings. The number of ketones is 1. The number of rotatable bonds is 5. The summed E-state index contributed by atoms with van der Waals surface area (Å²) in [7, 11) is 1.65. The molecule has 1 aromatic carbocycles. The third-order valence-corrected chi connectivity index (χ3v) is 4.17. The minimum atomic E-state index is 0.0440. The minimum absolute atomic E-state index is 0.0440. The number of furan rings is 1. The van der Waals surface area contributed by atoms with E-state index in [-0.39, 0.29) is 5.78 Å². The molecular weight excluding hydrogens is 288 g/mol. The standard InChI is InChI=1S/C20H24O3/c1-12(2)13(3)20-18(19(14(4)21)15(5)23-20)11-16-7-9-17(22-6)10-8-16/h7-10H,11H2,1-6H3. The van der Waals surface area contributed by atoms with E-state index in [0.29, 0.717) is 17.7 Å². The molecule has 0 atom stereocenters. The molecule has 0 bridgehead atoms. The lowest BCUT2D eigenvalue weighted by Crippen LogP contribution is -2.01. The van der Waals surface area contributed by atoms with Gasteiger partial charge >= 0.3 is 0 Å². The van der Waals surface area contributed by atoms with Crippen LogP contribution in [0.15, 0.2) is 34.3 Å². The number of carbonyl (C=O) groups excluding carboxylic acids is 1. The summed E-state index contributed by atoms with van der Waals surface area (Å²) in [6, 6.07) is 7.91. The summed E-state index contributed by atoms with van der Waals surface area (Å²) in [5.41, 5.74) is 5.07. The van der Waals surface area contributed by atoms with Gasteiger partial charge in [-0.1, -0.05) is 17.7 Å². The largest absolute Gasteiger partial charge is 0.497 e. The van der Waals surface area contributed by atoms with Crippen molar-refractivity contribution in [3.63, 3.8) is 0 Å². The highest BCUT2D eigenvalue weighted by molar-refractivity contribution is 5.98. The molecule has 0 aliphatic carbocycles. The first kappa shape index (κ1) is 17.1. The van der Waals surface area contributed by atoms with Crippen molar-refractivity contribution >= 4 is 11.4 Å². The first-order valence-corrected chi connectivity index (χ1v) is 7.75. The molecule has 1 aromatic heterocycles. The molecule has 0 N–H and O–H groups in total. The van der Waals surface area contributed by atoms with Crippen LogP contribution in [0.4, 0.5) is 0 Å². The molecule has 3 heteroatoms. The molecule has 0 radical (unpaired) electrons. The van der Waals surface area contributed by atoms with Crippen LogP contribution in [-0.2, 0) is 6.42 Å². The van der Waals surface area contributed by atoms with Crippen LogP contribution in [0.1, 0.15) is 60.7 Å². The fraction of sp³-hybridized carbons (Fsp3) is 0.350. The zero-order chi connectivity index (χ0) is 17.1. The SMILES string of the molecule is COc1ccc(Cc2c(C(C)=C(C)C)oc(C)c2C(C)=O)cc1. The van der Waals surface area contributed by atoms with Gasteiger partial charge in [-0.2, -0.15) is 0 Å². The van der Waals surface area contributed by atoms with E-state index in [1.807, 2.05) is 38.1 Å². The summed E-state index contributed by atoms with van der Waals surface area (Å²) in [4.78, 5) is 12.1. The summed E-state index contributed by atoms with van der Waals surface area (Å²) in [5.74, 6) is 2.38. The molecule has 0 amide bonds. The summed E-state index contributed by atoms with van der Waals surface area (Å²) in [6.45, 7) is 9.59. The summed E-state index contributed by atoms with van der Waals surface area (Å²) < 4.78 is 11.1. The number of benzene rings is 1. The Morgan fingerprint density at radius 2 is 1.70 bits per heavy atom. The van der Waals surface area contributed by atoms with Crippen molar-refractivity contribution in [2.24, 2.45) is 0 Å². The first-order valence-electron chi connectivity index (χ1n) is 7.75. The molecule has 0 aliphatic heterocycles. The van der Waals surface area contributed by atoms with Gasteiger partial charge in [-0.3, -0.25) is 4.79 Å². The maximum Gasteiger partial charge on any atom is 0.163 e. The number of aryl methyl sites for hydroxylation is 1. The Morgan fingerprint density at radius 3 is 2.17 bits per heavy atom. The Morgan fingerprint density at radius 1 is 1.09 bits per heavy atom. The van der Waals surface area contributed by atoms with E-state index >= 15 is 0 Å². The van der Waals surface area contributed by atoms with E-state index in [1.165, 1.54) is 5.57 Å². The molecule has 0 fully saturated rings. The van der Waals surface area contributed by atoms with Crippen LogP contribution in [0.2, 0.25) is 0 Å². The molecule has 3 nitrogen and oxygen atoms in total. The maximum atomic E-state index is 12.1. The number of hydrogen-bond acceptors (Lipinski definition) is 3. The van der Waals surface area contributed by atoms with E-state index in [1.54, 1.807) is 14.0 Å². The Bertz CT molecular complexity index is 742. The van der Waals surface area contributed by atoms with Crippen LogP contribution < -0.4 is 4.74 Å². The van der Waals surface area contributed by atoms with Crippen LogP contribution in [0.3, 0.4) is 0 Å². The van der Waals surface area contributed by atoms with Crippen LogP contribution in [0, 0.1) is 6.92 Å². The van der Waals surface area contributed by atoms with Crippen molar-refractivity contribution in [1.29, 1.82) is 0 Å². The van der Waals surface area contributed by atoms with E-state index in [4.69, 9.17) is 9.15 Å². The zero-order valence-corrected chi connectivity index (χ0v) is 14.7. The quantitative estimate of drug-likeness (QED) is 0.712. The van der Waals surface area contributed by atoms with E-state index < -0.39 is 0 Å². The molecule has 0 aliphatic rings. The number of allylic oxidation sites excluding steroid dienone is 2. The molecule has 2 rings (SSSR count). The highest BCUT2D eigenvalue weighted by atomic mass is 16.5. The van der Waals surface area contributed by atoms with Gasteiger partial charge < -0.3 is 9.15 Å². The molecule has 0 spiro atoms. The van der Waals surface area contributed by atoms with Crippen molar-refractivity contribution in [1.82, 2.24) is 0 Å².